The maximum absolute atomic E-state index is 11.6. The van der Waals surface area contributed by atoms with Crippen molar-refractivity contribution in [2.24, 2.45) is 0 Å². The van der Waals surface area contributed by atoms with Gasteiger partial charge in [0.2, 0.25) is 5.91 Å². The van der Waals surface area contributed by atoms with Crippen molar-refractivity contribution in [3.05, 3.63) is 18.2 Å². The van der Waals surface area contributed by atoms with Gasteiger partial charge in [-0.3, -0.25) is 9.59 Å². The lowest BCUT2D eigenvalue weighted by molar-refractivity contribution is -0.137. The molecule has 1 aromatic rings. The lowest BCUT2D eigenvalue weighted by Gasteiger charge is -2.09. The molecule has 0 bridgehead atoms. The van der Waals surface area contributed by atoms with Crippen molar-refractivity contribution in [1.29, 1.82) is 0 Å². The lowest BCUT2D eigenvalue weighted by atomic mass is 10.2. The number of benzene rings is 1. The molecular formula is C13H17NO5. The Kier molecular flexibility index (Phi) is 5.66. The van der Waals surface area contributed by atoms with Gasteiger partial charge in [0.15, 0.2) is 0 Å². The van der Waals surface area contributed by atoms with Crippen LogP contribution in [-0.2, 0) is 9.59 Å². The quantitative estimate of drug-likeness (QED) is 0.788. The minimum Gasteiger partial charge on any atom is -0.497 e. The molecule has 0 aromatic heterocycles. The zero-order valence-corrected chi connectivity index (χ0v) is 10.9. The molecule has 104 valence electrons. The smallest absolute Gasteiger partial charge is 0.303 e. The number of anilines is 1. The van der Waals surface area contributed by atoms with Gasteiger partial charge in [0.25, 0.3) is 0 Å². The van der Waals surface area contributed by atoms with Crippen molar-refractivity contribution in [3.63, 3.8) is 0 Å². The Balaban J connectivity index is 2.60. The molecule has 6 nitrogen and oxygen atoms in total. The SMILES string of the molecule is COc1cc(NC(=O)CCCC(=O)O)cc(OC)c1. The highest BCUT2D eigenvalue weighted by molar-refractivity contribution is 5.91. The fraction of sp³-hybridized carbons (Fsp3) is 0.385. The van der Waals surface area contributed by atoms with Gasteiger partial charge in [0.1, 0.15) is 11.5 Å². The molecule has 0 saturated carbocycles. The van der Waals surface area contributed by atoms with E-state index in [1.165, 1.54) is 14.2 Å². The summed E-state index contributed by atoms with van der Waals surface area (Å²) < 4.78 is 10.2. The minimum atomic E-state index is -0.907. The number of amides is 1. The van der Waals surface area contributed by atoms with Gasteiger partial charge in [-0.2, -0.15) is 0 Å². The molecule has 0 unspecified atom stereocenters. The highest BCUT2D eigenvalue weighted by Gasteiger charge is 2.07. The summed E-state index contributed by atoms with van der Waals surface area (Å²) in [6, 6.07) is 5.02. The second-order valence-electron chi connectivity index (χ2n) is 3.90. The third-order valence-corrected chi connectivity index (χ3v) is 2.43. The summed E-state index contributed by atoms with van der Waals surface area (Å²) in [5, 5.41) is 11.2. The standard InChI is InChI=1S/C13H17NO5/c1-18-10-6-9(7-11(8-10)19-2)14-12(15)4-3-5-13(16)17/h6-8H,3-5H2,1-2H3,(H,14,15)(H,16,17). The Morgan fingerprint density at radius 3 is 2.16 bits per heavy atom. The van der Waals surface area contributed by atoms with E-state index in [2.05, 4.69) is 5.32 Å². The molecule has 0 radical (unpaired) electrons. The van der Waals surface area contributed by atoms with E-state index in [1.54, 1.807) is 18.2 Å². The van der Waals surface area contributed by atoms with Gasteiger partial charge < -0.3 is 19.9 Å². The molecule has 19 heavy (non-hydrogen) atoms. The van der Waals surface area contributed by atoms with Gasteiger partial charge in [-0.05, 0) is 6.42 Å². The molecule has 1 aromatic carbocycles. The first-order chi connectivity index (χ1) is 9.05. The van der Waals surface area contributed by atoms with Crippen LogP contribution >= 0.6 is 0 Å². The van der Waals surface area contributed by atoms with Crippen LogP contribution in [0, 0.1) is 0 Å². The molecular weight excluding hydrogens is 250 g/mol. The van der Waals surface area contributed by atoms with Crippen molar-refractivity contribution in [3.8, 4) is 11.5 Å². The van der Waals surface area contributed by atoms with Crippen molar-refractivity contribution < 1.29 is 24.2 Å². The van der Waals surface area contributed by atoms with E-state index in [1.807, 2.05) is 0 Å². The second kappa shape index (κ2) is 7.25. The molecule has 0 fully saturated rings. The second-order valence-corrected chi connectivity index (χ2v) is 3.90. The first kappa shape index (κ1) is 14.8. The molecule has 0 aliphatic heterocycles. The molecule has 0 spiro atoms. The third kappa shape index (κ3) is 5.29. The van der Waals surface area contributed by atoms with E-state index in [-0.39, 0.29) is 18.7 Å². The van der Waals surface area contributed by atoms with Crippen LogP contribution in [0.5, 0.6) is 11.5 Å². The molecule has 0 aliphatic rings. The van der Waals surface area contributed by atoms with Crippen LogP contribution in [0.25, 0.3) is 0 Å². The van der Waals surface area contributed by atoms with Crippen molar-refractivity contribution in [1.82, 2.24) is 0 Å². The normalized spacial score (nSPS) is 9.79. The van der Waals surface area contributed by atoms with Crippen molar-refractivity contribution in [2.45, 2.75) is 19.3 Å². The molecule has 0 saturated heterocycles. The highest BCUT2D eigenvalue weighted by atomic mass is 16.5. The van der Waals surface area contributed by atoms with E-state index in [9.17, 15) is 9.59 Å². The van der Waals surface area contributed by atoms with E-state index in [0.29, 0.717) is 23.6 Å². The third-order valence-electron chi connectivity index (χ3n) is 2.43. The van der Waals surface area contributed by atoms with Crippen LogP contribution in [-0.4, -0.2) is 31.2 Å². The summed E-state index contributed by atoms with van der Waals surface area (Å²) in [7, 11) is 3.04. The summed E-state index contributed by atoms with van der Waals surface area (Å²) in [6.07, 6.45) is 0.447. The Bertz CT molecular complexity index is 436. The van der Waals surface area contributed by atoms with Crippen molar-refractivity contribution >= 4 is 17.6 Å². The number of rotatable bonds is 7. The zero-order chi connectivity index (χ0) is 14.3. The van der Waals surface area contributed by atoms with E-state index in [0.717, 1.165) is 0 Å². The summed E-state index contributed by atoms with van der Waals surface area (Å²) in [6.45, 7) is 0. The predicted octanol–water partition coefficient (Wildman–Crippen LogP) is 1.90. The summed E-state index contributed by atoms with van der Waals surface area (Å²) in [5.41, 5.74) is 0.552. The van der Waals surface area contributed by atoms with Crippen LogP contribution in [0.3, 0.4) is 0 Å². The van der Waals surface area contributed by atoms with Gasteiger partial charge in [-0.1, -0.05) is 0 Å². The van der Waals surface area contributed by atoms with Gasteiger partial charge in [0, 0.05) is 36.7 Å². The summed E-state index contributed by atoms with van der Waals surface area (Å²) in [4.78, 5) is 21.9. The Labute approximate surface area is 111 Å². The average molecular weight is 267 g/mol. The number of hydrogen-bond donors (Lipinski definition) is 2. The summed E-state index contributed by atoms with van der Waals surface area (Å²) >= 11 is 0. The van der Waals surface area contributed by atoms with Crippen LogP contribution in [0.4, 0.5) is 5.69 Å². The van der Waals surface area contributed by atoms with E-state index < -0.39 is 5.97 Å². The first-order valence-corrected chi connectivity index (χ1v) is 5.80. The predicted molar refractivity (Wildman–Crippen MR) is 69.7 cm³/mol. The zero-order valence-electron chi connectivity index (χ0n) is 10.9. The molecule has 0 aliphatic carbocycles. The molecule has 0 heterocycles. The molecule has 1 amide bonds. The maximum Gasteiger partial charge on any atom is 0.303 e. The van der Waals surface area contributed by atoms with Gasteiger partial charge in [-0.25, -0.2) is 0 Å². The van der Waals surface area contributed by atoms with Crippen LogP contribution < -0.4 is 14.8 Å². The number of carboxylic acids is 1. The monoisotopic (exact) mass is 267 g/mol. The number of carbonyl (C=O) groups is 2. The maximum atomic E-state index is 11.6. The van der Waals surface area contributed by atoms with E-state index in [4.69, 9.17) is 14.6 Å². The fourth-order valence-corrected chi connectivity index (χ4v) is 1.50. The lowest BCUT2D eigenvalue weighted by Crippen LogP contribution is -2.12. The Morgan fingerprint density at radius 1 is 1.11 bits per heavy atom. The average Bonchev–Trinajstić information content (AvgIpc) is 2.37. The van der Waals surface area contributed by atoms with Gasteiger partial charge in [0.05, 0.1) is 14.2 Å². The largest absolute Gasteiger partial charge is 0.497 e. The number of hydrogen-bond acceptors (Lipinski definition) is 4. The van der Waals surface area contributed by atoms with Gasteiger partial charge >= 0.3 is 5.97 Å². The number of nitrogens with one attached hydrogen (secondary N) is 1. The summed E-state index contributed by atoms with van der Waals surface area (Å²) in [5.74, 6) is -0.00669. The van der Waals surface area contributed by atoms with Crippen LogP contribution in [0.15, 0.2) is 18.2 Å². The minimum absolute atomic E-state index is 0.0190. The number of carbonyl (C=O) groups excluding carboxylic acids is 1. The Hall–Kier alpha value is -2.24. The van der Waals surface area contributed by atoms with Crippen molar-refractivity contribution in [2.75, 3.05) is 19.5 Å². The molecule has 6 heteroatoms. The van der Waals surface area contributed by atoms with Gasteiger partial charge in [-0.15, -0.1) is 0 Å². The fourth-order valence-electron chi connectivity index (χ4n) is 1.50. The topological polar surface area (TPSA) is 84.9 Å². The first-order valence-electron chi connectivity index (χ1n) is 5.80. The van der Waals surface area contributed by atoms with Crippen LogP contribution in [0.1, 0.15) is 19.3 Å². The number of methoxy groups -OCH3 is 2. The molecule has 0 atom stereocenters. The van der Waals surface area contributed by atoms with Crippen LogP contribution in [0.2, 0.25) is 0 Å². The highest BCUT2D eigenvalue weighted by Crippen LogP contribution is 2.25. The molecule has 1 rings (SSSR count). The molecule has 2 N–H and O–H groups in total. The number of carboxylic acid groups (broad SMARTS) is 1. The number of ether oxygens (including phenoxy) is 2. The van der Waals surface area contributed by atoms with E-state index >= 15 is 0 Å². The Morgan fingerprint density at radius 2 is 1.68 bits per heavy atom. The number of aliphatic carboxylic acids is 1.